The van der Waals surface area contributed by atoms with Crippen molar-refractivity contribution in [3.05, 3.63) is 94.5 Å². The average molecular weight is 440 g/mol. The van der Waals surface area contributed by atoms with Crippen LogP contribution in [0.5, 0.6) is 11.5 Å². The molecule has 4 aliphatic rings. The van der Waals surface area contributed by atoms with Crippen molar-refractivity contribution in [2.24, 2.45) is 11.8 Å². The van der Waals surface area contributed by atoms with Crippen molar-refractivity contribution >= 4 is 11.8 Å². The zero-order valence-corrected chi connectivity index (χ0v) is 18.7. The van der Waals surface area contributed by atoms with Gasteiger partial charge in [-0.2, -0.15) is 0 Å². The Balaban J connectivity index is 1.34. The van der Waals surface area contributed by atoms with Gasteiger partial charge in [0, 0.05) is 18.4 Å². The molecule has 0 spiro atoms. The van der Waals surface area contributed by atoms with E-state index in [9.17, 15) is 9.59 Å². The van der Waals surface area contributed by atoms with Crippen molar-refractivity contribution < 1.29 is 19.1 Å². The van der Waals surface area contributed by atoms with Gasteiger partial charge in [-0.25, -0.2) is 0 Å². The minimum absolute atomic E-state index is 0.0375. The van der Waals surface area contributed by atoms with Crippen LogP contribution in [0.2, 0.25) is 0 Å². The highest BCUT2D eigenvalue weighted by Gasteiger charge is 2.61. The third-order valence-electron chi connectivity index (χ3n) is 7.61. The Morgan fingerprint density at radius 1 is 0.697 bits per heavy atom. The number of carbonyl (C=O) groups is 2. The fraction of sp³-hybridized carbons (Fsp3) is 0.286. The van der Waals surface area contributed by atoms with Crippen LogP contribution in [0.25, 0.3) is 0 Å². The third kappa shape index (κ3) is 2.78. The van der Waals surface area contributed by atoms with Gasteiger partial charge in [0.05, 0.1) is 26.1 Å². The molecule has 1 aliphatic heterocycles. The average Bonchev–Trinajstić information content (AvgIpc) is 3.12. The number of carbonyl (C=O) groups excluding carboxylic acids is 2. The first-order valence-corrected chi connectivity index (χ1v) is 11.4. The molecule has 5 heteroatoms. The molecule has 1 fully saturated rings. The molecule has 0 aromatic heterocycles. The maximum absolute atomic E-state index is 13.7. The molecule has 3 aromatic carbocycles. The third-order valence-corrected chi connectivity index (χ3v) is 7.61. The van der Waals surface area contributed by atoms with Crippen LogP contribution in [0.4, 0.5) is 0 Å². The molecule has 2 atom stereocenters. The Morgan fingerprint density at radius 2 is 1.18 bits per heavy atom. The SMILES string of the molecule is COc1ccc(CCN2C(=O)[C@@H]3C4c5ccccc5C(c5ccccc54)[C@H]3C2=O)cc1OC. The van der Waals surface area contributed by atoms with Crippen LogP contribution in [0.15, 0.2) is 66.7 Å². The highest BCUT2D eigenvalue weighted by Crippen LogP contribution is 2.60. The molecule has 2 amide bonds. The summed E-state index contributed by atoms with van der Waals surface area (Å²) in [5, 5.41) is 0. The summed E-state index contributed by atoms with van der Waals surface area (Å²) in [5.74, 6) is 0.466. The second-order valence-electron chi connectivity index (χ2n) is 9.03. The molecule has 5 nitrogen and oxygen atoms in total. The molecule has 2 bridgehead atoms. The predicted octanol–water partition coefficient (Wildman–Crippen LogP) is 4.14. The first kappa shape index (κ1) is 20.0. The van der Waals surface area contributed by atoms with Crippen molar-refractivity contribution in [3.63, 3.8) is 0 Å². The van der Waals surface area contributed by atoms with Gasteiger partial charge >= 0.3 is 0 Å². The molecular formula is C28H25NO4. The quantitative estimate of drug-likeness (QED) is 0.561. The van der Waals surface area contributed by atoms with E-state index in [1.54, 1.807) is 14.2 Å². The maximum atomic E-state index is 13.7. The van der Waals surface area contributed by atoms with Crippen LogP contribution in [-0.2, 0) is 16.0 Å². The van der Waals surface area contributed by atoms with Crippen LogP contribution in [0, 0.1) is 11.8 Å². The number of hydrogen-bond donors (Lipinski definition) is 0. The molecule has 0 N–H and O–H groups in total. The molecule has 1 saturated heterocycles. The van der Waals surface area contributed by atoms with Gasteiger partial charge in [0.15, 0.2) is 11.5 Å². The Labute approximate surface area is 192 Å². The molecule has 0 unspecified atom stereocenters. The second-order valence-corrected chi connectivity index (χ2v) is 9.03. The van der Waals surface area contributed by atoms with Gasteiger partial charge in [-0.1, -0.05) is 54.6 Å². The summed E-state index contributed by atoms with van der Waals surface area (Å²) in [4.78, 5) is 28.8. The second kappa shape index (κ2) is 7.48. The first-order valence-electron chi connectivity index (χ1n) is 11.4. The first-order chi connectivity index (χ1) is 16.1. The van der Waals surface area contributed by atoms with Gasteiger partial charge in [0.2, 0.25) is 11.8 Å². The van der Waals surface area contributed by atoms with E-state index in [1.807, 2.05) is 42.5 Å². The largest absolute Gasteiger partial charge is 0.493 e. The lowest BCUT2D eigenvalue weighted by Crippen LogP contribution is -2.41. The van der Waals surface area contributed by atoms with Crippen molar-refractivity contribution in [2.75, 3.05) is 20.8 Å². The summed E-state index contributed by atoms with van der Waals surface area (Å²) in [6.45, 7) is 0.367. The number of ether oxygens (including phenoxy) is 2. The Morgan fingerprint density at radius 3 is 1.64 bits per heavy atom. The van der Waals surface area contributed by atoms with E-state index < -0.39 is 0 Å². The molecule has 33 heavy (non-hydrogen) atoms. The van der Waals surface area contributed by atoms with Gasteiger partial charge in [-0.15, -0.1) is 0 Å². The molecule has 7 rings (SSSR count). The van der Waals surface area contributed by atoms with Crippen molar-refractivity contribution in [1.29, 1.82) is 0 Å². The van der Waals surface area contributed by atoms with Gasteiger partial charge < -0.3 is 9.47 Å². The van der Waals surface area contributed by atoms with E-state index in [2.05, 4.69) is 24.3 Å². The Bertz CT molecular complexity index is 1170. The summed E-state index contributed by atoms with van der Waals surface area (Å²) < 4.78 is 10.7. The van der Waals surface area contributed by atoms with Crippen LogP contribution >= 0.6 is 0 Å². The summed E-state index contributed by atoms with van der Waals surface area (Å²) in [6, 6.07) is 22.4. The van der Waals surface area contributed by atoms with Gasteiger partial charge in [-0.05, 0) is 46.4 Å². The van der Waals surface area contributed by atoms with Gasteiger partial charge in [0.1, 0.15) is 0 Å². The highest BCUT2D eigenvalue weighted by molar-refractivity contribution is 6.07. The topological polar surface area (TPSA) is 55.8 Å². The zero-order valence-electron chi connectivity index (χ0n) is 18.7. The molecular weight excluding hydrogens is 414 g/mol. The van der Waals surface area contributed by atoms with Gasteiger partial charge in [-0.3, -0.25) is 14.5 Å². The minimum Gasteiger partial charge on any atom is -0.493 e. The number of benzene rings is 3. The summed E-state index contributed by atoms with van der Waals surface area (Å²) >= 11 is 0. The van der Waals surface area contributed by atoms with Crippen molar-refractivity contribution in [3.8, 4) is 11.5 Å². The predicted molar refractivity (Wildman–Crippen MR) is 124 cm³/mol. The molecule has 0 saturated carbocycles. The number of amides is 2. The van der Waals surface area contributed by atoms with Crippen molar-refractivity contribution in [2.45, 2.75) is 18.3 Å². The summed E-state index contributed by atoms with van der Waals surface area (Å²) in [5.41, 5.74) is 5.80. The van der Waals surface area contributed by atoms with Crippen molar-refractivity contribution in [1.82, 2.24) is 4.90 Å². The monoisotopic (exact) mass is 439 g/mol. The number of imide groups is 1. The lowest BCUT2D eigenvalue weighted by atomic mass is 9.55. The normalized spacial score (nSPS) is 24.4. The van der Waals surface area contributed by atoms with Crippen LogP contribution in [0.1, 0.15) is 39.7 Å². The number of rotatable bonds is 5. The van der Waals surface area contributed by atoms with Crippen LogP contribution in [-0.4, -0.2) is 37.5 Å². The number of likely N-dealkylation sites (tertiary alicyclic amines) is 1. The van der Waals surface area contributed by atoms with E-state index in [1.165, 1.54) is 27.2 Å². The summed E-state index contributed by atoms with van der Waals surface area (Å²) in [7, 11) is 3.20. The molecule has 166 valence electrons. The molecule has 1 heterocycles. The smallest absolute Gasteiger partial charge is 0.234 e. The summed E-state index contributed by atoms with van der Waals surface area (Å²) in [6.07, 6.45) is 0.576. The van der Waals surface area contributed by atoms with E-state index in [0.29, 0.717) is 24.5 Å². The molecule has 3 aliphatic carbocycles. The Hall–Kier alpha value is -3.60. The fourth-order valence-corrected chi connectivity index (χ4v) is 6.24. The van der Waals surface area contributed by atoms with E-state index >= 15 is 0 Å². The molecule has 3 aromatic rings. The highest BCUT2D eigenvalue weighted by atomic mass is 16.5. The van der Waals surface area contributed by atoms with Gasteiger partial charge in [0.25, 0.3) is 0 Å². The van der Waals surface area contributed by atoms with E-state index in [4.69, 9.17) is 9.47 Å². The Kier molecular flexibility index (Phi) is 4.54. The zero-order chi connectivity index (χ0) is 22.7. The van der Waals surface area contributed by atoms with Crippen LogP contribution < -0.4 is 9.47 Å². The maximum Gasteiger partial charge on any atom is 0.234 e. The van der Waals surface area contributed by atoms with Crippen LogP contribution in [0.3, 0.4) is 0 Å². The number of methoxy groups -OCH3 is 2. The minimum atomic E-state index is -0.322. The fourth-order valence-electron chi connectivity index (χ4n) is 6.24. The lowest BCUT2D eigenvalue weighted by Gasteiger charge is -2.45. The van der Waals surface area contributed by atoms with E-state index in [-0.39, 0.29) is 35.5 Å². The standard InChI is InChI=1S/C28H25NO4/c1-32-21-12-11-16(15-22(21)33-2)13-14-29-27(30)25-23-17-7-3-4-8-18(17)24(26(25)28(29)31)20-10-6-5-9-19(20)23/h3-12,15,23-26H,13-14H2,1-2H3/t23?,24?,25-,26-/m1/s1. The molecule has 0 radical (unpaired) electrons. The number of nitrogens with zero attached hydrogens (tertiary/aromatic N) is 1. The lowest BCUT2D eigenvalue weighted by molar-refractivity contribution is -0.139. The number of hydrogen-bond acceptors (Lipinski definition) is 4. The van der Waals surface area contributed by atoms with E-state index in [0.717, 1.165) is 5.56 Å².